The molecule has 7 nitrogen and oxygen atoms in total. The number of carbonyl (C=O) groups excluding carboxylic acids is 5. The number of allylic oxidation sites excluding steroid dienone is 1. The van der Waals surface area contributed by atoms with Gasteiger partial charge in [-0.1, -0.05) is 6.08 Å². The highest BCUT2D eigenvalue weighted by molar-refractivity contribution is 6.00. The van der Waals surface area contributed by atoms with Crippen LogP contribution in [-0.4, -0.2) is 47.8 Å². The van der Waals surface area contributed by atoms with Crippen LogP contribution in [0.15, 0.2) is 11.8 Å². The van der Waals surface area contributed by atoms with E-state index in [4.69, 9.17) is 4.74 Å². The van der Waals surface area contributed by atoms with Crippen LogP contribution in [0.2, 0.25) is 0 Å². The van der Waals surface area contributed by atoms with Crippen LogP contribution in [0.1, 0.15) is 51.9 Å². The zero-order valence-corrected chi connectivity index (χ0v) is 14.6. The van der Waals surface area contributed by atoms with Crippen LogP contribution in [0.5, 0.6) is 0 Å². The predicted molar refractivity (Wildman–Crippen MR) is 87.3 cm³/mol. The molecule has 25 heavy (non-hydrogen) atoms. The lowest BCUT2D eigenvalue weighted by Crippen LogP contribution is -2.38. The third-order valence-corrected chi connectivity index (χ3v) is 4.73. The van der Waals surface area contributed by atoms with Crippen LogP contribution in [0.3, 0.4) is 0 Å². The lowest BCUT2D eigenvalue weighted by molar-refractivity contribution is -0.153. The van der Waals surface area contributed by atoms with Crippen LogP contribution in [0.4, 0.5) is 0 Å². The normalized spacial score (nSPS) is 22.5. The second-order valence-electron chi connectivity index (χ2n) is 6.65. The Labute approximate surface area is 146 Å². The Bertz CT molecular complexity index is 650. The highest BCUT2D eigenvalue weighted by Crippen LogP contribution is 2.47. The summed E-state index contributed by atoms with van der Waals surface area (Å²) in [4.78, 5) is 60.6. The van der Waals surface area contributed by atoms with Gasteiger partial charge in [-0.25, -0.2) is 0 Å². The average molecular weight is 349 g/mol. The molecule has 2 aliphatic rings. The van der Waals surface area contributed by atoms with Crippen molar-refractivity contribution in [2.75, 3.05) is 13.7 Å². The first-order chi connectivity index (χ1) is 11.8. The van der Waals surface area contributed by atoms with Gasteiger partial charge in [0, 0.05) is 50.8 Å². The van der Waals surface area contributed by atoms with Gasteiger partial charge in [0.1, 0.15) is 22.8 Å². The molecule has 0 aromatic rings. The van der Waals surface area contributed by atoms with Gasteiger partial charge in [0.25, 0.3) is 0 Å². The van der Waals surface area contributed by atoms with Gasteiger partial charge in [0.15, 0.2) is 0 Å². The van der Waals surface area contributed by atoms with Gasteiger partial charge in [0.2, 0.25) is 5.91 Å². The molecule has 1 aliphatic heterocycles. The fraction of sp³-hybridized carbons (Fsp3) is 0.611. The fourth-order valence-corrected chi connectivity index (χ4v) is 3.48. The number of rotatable bonds is 8. The molecule has 1 amide bonds. The van der Waals surface area contributed by atoms with E-state index in [9.17, 15) is 24.0 Å². The second kappa shape index (κ2) is 7.72. The number of esters is 1. The van der Waals surface area contributed by atoms with E-state index in [2.05, 4.69) is 0 Å². The van der Waals surface area contributed by atoms with Crippen molar-refractivity contribution >= 4 is 29.2 Å². The number of Topliss-reactive ketones (excluding diaryl/α,β-unsaturated/α-hetero) is 3. The number of hydrogen-bond acceptors (Lipinski definition) is 6. The summed E-state index contributed by atoms with van der Waals surface area (Å²) in [6, 6.07) is 0. The molecule has 0 spiro atoms. The molecule has 0 bridgehead atoms. The smallest absolute Gasteiger partial charge is 0.318 e. The third kappa shape index (κ3) is 4.03. The van der Waals surface area contributed by atoms with Crippen molar-refractivity contribution in [2.45, 2.75) is 51.9 Å². The molecule has 1 saturated heterocycles. The van der Waals surface area contributed by atoms with Gasteiger partial charge in [0.05, 0.1) is 7.11 Å². The Morgan fingerprint density at radius 2 is 1.88 bits per heavy atom. The van der Waals surface area contributed by atoms with Crippen LogP contribution in [0.25, 0.3) is 0 Å². The minimum Gasteiger partial charge on any atom is -0.468 e. The SMILES string of the molecule is COC(=O)C12CC(=O)CC=C1N(CCCC(=O)CCC(C)=O)C(=O)C2. The third-order valence-electron chi connectivity index (χ3n) is 4.73. The number of fused-ring (bicyclic) bond motifs is 1. The van der Waals surface area contributed by atoms with Crippen molar-refractivity contribution in [1.29, 1.82) is 0 Å². The second-order valence-corrected chi connectivity index (χ2v) is 6.65. The standard InChI is InChI=1S/C18H23NO6/c1-12(20)5-6-13(21)4-3-9-19-15-8-7-14(22)10-18(15,11-16(19)23)17(24)25-2/h8H,3-7,9-11H2,1-2H3. The molecule has 1 aliphatic carbocycles. The summed E-state index contributed by atoms with van der Waals surface area (Å²) in [6.07, 6.45) is 2.90. The summed E-state index contributed by atoms with van der Waals surface area (Å²) in [6.45, 7) is 1.75. The molecule has 7 heteroatoms. The molecule has 1 unspecified atom stereocenters. The minimum atomic E-state index is -1.21. The average Bonchev–Trinajstić information content (AvgIpc) is 2.84. The van der Waals surface area contributed by atoms with Crippen molar-refractivity contribution in [2.24, 2.45) is 5.41 Å². The molecule has 0 saturated carbocycles. The summed E-state index contributed by atoms with van der Waals surface area (Å²) < 4.78 is 4.84. The van der Waals surface area contributed by atoms with Crippen molar-refractivity contribution in [3.05, 3.63) is 11.8 Å². The van der Waals surface area contributed by atoms with E-state index in [1.54, 1.807) is 6.08 Å². The molecule has 2 rings (SSSR count). The first kappa shape index (κ1) is 19.0. The number of amides is 1. The Morgan fingerprint density at radius 1 is 1.16 bits per heavy atom. The number of likely N-dealkylation sites (tertiary alicyclic amines) is 1. The number of methoxy groups -OCH3 is 1. The maximum atomic E-state index is 12.4. The number of carbonyl (C=O) groups is 5. The molecule has 1 atom stereocenters. The number of ether oxygens (including phenoxy) is 1. The number of ketones is 3. The Morgan fingerprint density at radius 3 is 2.52 bits per heavy atom. The molecule has 1 heterocycles. The Kier molecular flexibility index (Phi) is 5.87. The lowest BCUT2D eigenvalue weighted by atomic mass is 9.75. The highest BCUT2D eigenvalue weighted by Gasteiger charge is 2.56. The maximum Gasteiger partial charge on any atom is 0.318 e. The minimum absolute atomic E-state index is 0.0196. The Balaban J connectivity index is 2.03. The van der Waals surface area contributed by atoms with Gasteiger partial charge in [-0.2, -0.15) is 0 Å². The van der Waals surface area contributed by atoms with Crippen molar-refractivity contribution in [3.63, 3.8) is 0 Å². The first-order valence-electron chi connectivity index (χ1n) is 8.42. The van der Waals surface area contributed by atoms with Crippen molar-refractivity contribution < 1.29 is 28.7 Å². The van der Waals surface area contributed by atoms with Crippen LogP contribution in [-0.2, 0) is 28.7 Å². The van der Waals surface area contributed by atoms with E-state index in [0.717, 1.165) is 0 Å². The van der Waals surface area contributed by atoms with E-state index < -0.39 is 11.4 Å². The molecule has 0 radical (unpaired) electrons. The molecular weight excluding hydrogens is 326 g/mol. The first-order valence-corrected chi connectivity index (χ1v) is 8.42. The van der Waals surface area contributed by atoms with Gasteiger partial charge < -0.3 is 14.4 Å². The van der Waals surface area contributed by atoms with E-state index in [-0.39, 0.29) is 61.8 Å². The van der Waals surface area contributed by atoms with Crippen LogP contribution < -0.4 is 0 Å². The van der Waals surface area contributed by atoms with Crippen LogP contribution >= 0.6 is 0 Å². The number of hydrogen-bond donors (Lipinski definition) is 0. The predicted octanol–water partition coefficient (Wildman–Crippen LogP) is 1.34. The lowest BCUT2D eigenvalue weighted by Gasteiger charge is -2.31. The largest absolute Gasteiger partial charge is 0.468 e. The topological polar surface area (TPSA) is 97.8 Å². The van der Waals surface area contributed by atoms with Gasteiger partial charge in [-0.05, 0) is 13.3 Å². The zero-order chi connectivity index (χ0) is 18.6. The summed E-state index contributed by atoms with van der Waals surface area (Å²) in [5.41, 5.74) is -0.681. The van der Waals surface area contributed by atoms with E-state index in [1.807, 2.05) is 0 Å². The quantitative estimate of drug-likeness (QED) is 0.613. The summed E-state index contributed by atoms with van der Waals surface area (Å²) in [5.74, 6) is -0.942. The zero-order valence-electron chi connectivity index (χ0n) is 14.6. The summed E-state index contributed by atoms with van der Waals surface area (Å²) >= 11 is 0. The van der Waals surface area contributed by atoms with E-state index in [1.165, 1.54) is 18.9 Å². The molecule has 1 fully saturated rings. The van der Waals surface area contributed by atoms with E-state index >= 15 is 0 Å². The van der Waals surface area contributed by atoms with Crippen molar-refractivity contribution in [1.82, 2.24) is 4.90 Å². The molecule has 0 aromatic carbocycles. The van der Waals surface area contributed by atoms with E-state index in [0.29, 0.717) is 18.7 Å². The van der Waals surface area contributed by atoms with Gasteiger partial charge in [-0.15, -0.1) is 0 Å². The molecule has 0 aromatic heterocycles. The fourth-order valence-electron chi connectivity index (χ4n) is 3.48. The summed E-state index contributed by atoms with van der Waals surface area (Å²) in [7, 11) is 1.24. The maximum absolute atomic E-state index is 12.4. The summed E-state index contributed by atoms with van der Waals surface area (Å²) in [5, 5.41) is 0. The van der Waals surface area contributed by atoms with Gasteiger partial charge in [-0.3, -0.25) is 19.2 Å². The monoisotopic (exact) mass is 349 g/mol. The Hall–Kier alpha value is -2.31. The van der Waals surface area contributed by atoms with Crippen molar-refractivity contribution in [3.8, 4) is 0 Å². The molecule has 0 N–H and O–H groups in total. The molecular formula is C18H23NO6. The molecule has 136 valence electrons. The van der Waals surface area contributed by atoms with Crippen LogP contribution in [0, 0.1) is 5.41 Å². The van der Waals surface area contributed by atoms with Gasteiger partial charge >= 0.3 is 5.97 Å². The highest BCUT2D eigenvalue weighted by atomic mass is 16.5. The number of nitrogens with zero attached hydrogens (tertiary/aromatic N) is 1.